The molecule has 0 N–H and O–H groups in total. The van der Waals surface area contributed by atoms with Gasteiger partial charge in [0.15, 0.2) is 0 Å². The van der Waals surface area contributed by atoms with Crippen LogP contribution in [0.2, 0.25) is 0 Å². The molecule has 0 aliphatic carbocycles. The minimum atomic E-state index is -4.31. The summed E-state index contributed by atoms with van der Waals surface area (Å²) in [4.78, 5) is 13.8. The van der Waals surface area contributed by atoms with Crippen LogP contribution in [0.15, 0.2) is 30.3 Å². The Balaban J connectivity index is 2.20. The fourth-order valence-electron chi connectivity index (χ4n) is 3.16. The fourth-order valence-corrected chi connectivity index (χ4v) is 3.16. The highest BCUT2D eigenvalue weighted by Crippen LogP contribution is 2.41. The molecule has 1 aromatic rings. The van der Waals surface area contributed by atoms with Crippen LogP contribution in [0.3, 0.4) is 0 Å². The Morgan fingerprint density at radius 3 is 2.41 bits per heavy atom. The third-order valence-corrected chi connectivity index (χ3v) is 4.38. The largest absolute Gasteiger partial charge is 0.444 e. The van der Waals surface area contributed by atoms with E-state index in [0.717, 1.165) is 0 Å². The quantitative estimate of drug-likeness (QED) is 0.610. The molecule has 0 aromatic heterocycles. The third-order valence-electron chi connectivity index (χ3n) is 4.38. The van der Waals surface area contributed by atoms with Gasteiger partial charge in [0, 0.05) is 24.1 Å². The van der Waals surface area contributed by atoms with Gasteiger partial charge in [-0.25, -0.2) is 4.79 Å². The first kappa shape index (κ1) is 21.1. The molecule has 1 aliphatic rings. The number of hydrogen-bond donors (Lipinski definition) is 0. The second kappa shape index (κ2) is 8.24. The van der Waals surface area contributed by atoms with Gasteiger partial charge in [-0.2, -0.15) is 13.2 Å². The summed E-state index contributed by atoms with van der Waals surface area (Å²) in [5.41, 5.74) is -1.14. The van der Waals surface area contributed by atoms with Crippen LogP contribution in [0.25, 0.3) is 0 Å². The molecule has 1 amide bonds. The van der Waals surface area contributed by atoms with E-state index < -0.39 is 29.7 Å². The topological polar surface area (TPSA) is 29.5 Å². The SMILES string of the molecule is CC(C)(C)OC(=O)N1CCCC(C#Cc2ccccc2)(CC(F)(F)F)CC1. The molecule has 0 saturated carbocycles. The van der Waals surface area contributed by atoms with Crippen molar-refractivity contribution >= 4 is 6.09 Å². The number of hydrogen-bond acceptors (Lipinski definition) is 2. The van der Waals surface area contributed by atoms with Crippen molar-refractivity contribution < 1.29 is 22.7 Å². The number of likely N-dealkylation sites (tertiary alicyclic amines) is 1. The Kier molecular flexibility index (Phi) is 6.46. The fraction of sp³-hybridized carbons (Fsp3) is 0.571. The van der Waals surface area contributed by atoms with E-state index in [0.29, 0.717) is 24.9 Å². The van der Waals surface area contributed by atoms with E-state index in [9.17, 15) is 18.0 Å². The lowest BCUT2D eigenvalue weighted by atomic mass is 9.78. The van der Waals surface area contributed by atoms with E-state index in [1.807, 2.05) is 6.07 Å². The minimum absolute atomic E-state index is 0.172. The highest BCUT2D eigenvalue weighted by atomic mass is 19.4. The van der Waals surface area contributed by atoms with E-state index >= 15 is 0 Å². The van der Waals surface area contributed by atoms with E-state index in [1.54, 1.807) is 45.0 Å². The lowest BCUT2D eigenvalue weighted by Gasteiger charge is -2.29. The number of carbonyl (C=O) groups excluding carboxylic acids is 1. The van der Waals surface area contributed by atoms with Crippen LogP contribution in [0.5, 0.6) is 0 Å². The van der Waals surface area contributed by atoms with E-state index in [2.05, 4.69) is 11.8 Å². The summed E-state index contributed by atoms with van der Waals surface area (Å²) in [6, 6.07) is 8.99. The van der Waals surface area contributed by atoms with Crippen molar-refractivity contribution in [3.8, 4) is 11.8 Å². The van der Waals surface area contributed by atoms with Gasteiger partial charge >= 0.3 is 12.3 Å². The Morgan fingerprint density at radius 1 is 1.15 bits per heavy atom. The number of carbonyl (C=O) groups is 1. The first-order valence-electron chi connectivity index (χ1n) is 9.11. The average molecular weight is 381 g/mol. The van der Waals surface area contributed by atoms with Gasteiger partial charge in [0.1, 0.15) is 5.60 Å². The van der Waals surface area contributed by atoms with Crippen LogP contribution in [0.4, 0.5) is 18.0 Å². The summed E-state index contributed by atoms with van der Waals surface area (Å²) in [5.74, 6) is 5.81. The number of alkyl halides is 3. The Hall–Kier alpha value is -2.16. The number of benzene rings is 1. The zero-order valence-corrected chi connectivity index (χ0v) is 16.0. The van der Waals surface area contributed by atoms with Crippen LogP contribution in [0.1, 0.15) is 52.0 Å². The molecule has 1 aromatic carbocycles. The highest BCUT2D eigenvalue weighted by molar-refractivity contribution is 5.68. The molecule has 1 atom stereocenters. The number of halogens is 3. The van der Waals surface area contributed by atoms with Crippen molar-refractivity contribution in [3.63, 3.8) is 0 Å². The summed E-state index contributed by atoms with van der Waals surface area (Å²) in [7, 11) is 0. The van der Waals surface area contributed by atoms with Crippen LogP contribution in [0, 0.1) is 17.3 Å². The second-order valence-electron chi connectivity index (χ2n) is 8.01. The Labute approximate surface area is 158 Å². The molecule has 1 heterocycles. The molecule has 1 fully saturated rings. The predicted molar refractivity (Wildman–Crippen MR) is 98.1 cm³/mol. The van der Waals surface area contributed by atoms with Crippen LogP contribution in [-0.4, -0.2) is 35.9 Å². The molecule has 1 saturated heterocycles. The molecule has 2 rings (SSSR count). The Morgan fingerprint density at radius 2 is 1.81 bits per heavy atom. The predicted octanol–water partition coefficient (Wildman–Crippen LogP) is 5.40. The van der Waals surface area contributed by atoms with Gasteiger partial charge in [0.2, 0.25) is 0 Å². The lowest BCUT2D eigenvalue weighted by Crippen LogP contribution is -2.38. The van der Waals surface area contributed by atoms with Gasteiger partial charge < -0.3 is 9.64 Å². The molecule has 3 nitrogen and oxygen atoms in total. The zero-order chi connectivity index (χ0) is 20.1. The molecule has 0 bridgehead atoms. The average Bonchev–Trinajstić information content (AvgIpc) is 2.74. The smallest absolute Gasteiger partial charge is 0.410 e. The van der Waals surface area contributed by atoms with Gasteiger partial charge in [-0.1, -0.05) is 30.0 Å². The second-order valence-corrected chi connectivity index (χ2v) is 8.01. The number of nitrogens with zero attached hydrogens (tertiary/aromatic N) is 1. The molecular formula is C21H26F3NO2. The number of amides is 1. The molecule has 0 radical (unpaired) electrons. The van der Waals surface area contributed by atoms with Gasteiger partial charge in [0.05, 0.1) is 6.42 Å². The summed E-state index contributed by atoms with van der Waals surface area (Å²) in [6.07, 6.45) is -4.84. The maximum atomic E-state index is 13.2. The van der Waals surface area contributed by atoms with E-state index in [-0.39, 0.29) is 13.0 Å². The summed E-state index contributed by atoms with van der Waals surface area (Å²) >= 11 is 0. The third kappa shape index (κ3) is 7.16. The monoisotopic (exact) mass is 381 g/mol. The number of ether oxygens (including phenoxy) is 1. The molecule has 6 heteroatoms. The Bertz CT molecular complexity index is 698. The van der Waals surface area contributed by atoms with Crippen molar-refractivity contribution in [1.82, 2.24) is 4.90 Å². The summed E-state index contributed by atoms with van der Waals surface area (Å²) in [6.45, 7) is 5.88. The van der Waals surface area contributed by atoms with Crippen LogP contribution >= 0.6 is 0 Å². The standard InChI is InChI=1S/C21H26F3NO2/c1-19(2,3)27-18(26)25-14-7-11-20(13-15-25,16-21(22,23)24)12-10-17-8-5-4-6-9-17/h4-6,8-9H,7,11,13-16H2,1-3H3. The van der Waals surface area contributed by atoms with Crippen molar-refractivity contribution in [2.45, 2.75) is 58.2 Å². The maximum absolute atomic E-state index is 13.2. The van der Waals surface area contributed by atoms with Crippen LogP contribution in [-0.2, 0) is 4.74 Å². The van der Waals surface area contributed by atoms with E-state index in [1.165, 1.54) is 4.90 Å². The normalized spacial score (nSPS) is 21.0. The summed E-state index contributed by atoms with van der Waals surface area (Å²) in [5, 5.41) is 0. The van der Waals surface area contributed by atoms with Crippen LogP contribution < -0.4 is 0 Å². The highest BCUT2D eigenvalue weighted by Gasteiger charge is 2.43. The molecule has 27 heavy (non-hydrogen) atoms. The lowest BCUT2D eigenvalue weighted by molar-refractivity contribution is -0.152. The van der Waals surface area contributed by atoms with Gasteiger partial charge in [0.25, 0.3) is 0 Å². The summed E-state index contributed by atoms with van der Waals surface area (Å²) < 4.78 is 45.1. The molecule has 0 spiro atoms. The first-order chi connectivity index (χ1) is 12.5. The molecule has 1 unspecified atom stereocenters. The minimum Gasteiger partial charge on any atom is -0.444 e. The first-order valence-corrected chi connectivity index (χ1v) is 9.11. The zero-order valence-electron chi connectivity index (χ0n) is 16.0. The van der Waals surface area contributed by atoms with Crippen molar-refractivity contribution in [2.75, 3.05) is 13.1 Å². The van der Waals surface area contributed by atoms with Gasteiger partial charge in [-0.15, -0.1) is 0 Å². The van der Waals surface area contributed by atoms with Gasteiger partial charge in [-0.05, 0) is 52.2 Å². The molecule has 1 aliphatic heterocycles. The van der Waals surface area contributed by atoms with E-state index in [4.69, 9.17) is 4.74 Å². The van der Waals surface area contributed by atoms with Crippen molar-refractivity contribution in [1.29, 1.82) is 0 Å². The molecular weight excluding hydrogens is 355 g/mol. The van der Waals surface area contributed by atoms with Gasteiger partial charge in [-0.3, -0.25) is 0 Å². The van der Waals surface area contributed by atoms with Crippen molar-refractivity contribution in [2.24, 2.45) is 5.41 Å². The van der Waals surface area contributed by atoms with Crippen molar-refractivity contribution in [3.05, 3.63) is 35.9 Å². The molecule has 148 valence electrons. The number of rotatable bonds is 1. The maximum Gasteiger partial charge on any atom is 0.410 e.